The lowest BCUT2D eigenvalue weighted by Crippen LogP contribution is -2.20. The molecule has 5 nitrogen and oxygen atoms in total. The first-order valence-corrected chi connectivity index (χ1v) is 4.91. The molecule has 0 spiro atoms. The Labute approximate surface area is 88.1 Å². The number of halogens is 1. The summed E-state index contributed by atoms with van der Waals surface area (Å²) in [6.45, 7) is 1.77. The second-order valence-electron chi connectivity index (χ2n) is 3.08. The van der Waals surface area contributed by atoms with E-state index >= 15 is 0 Å². The van der Waals surface area contributed by atoms with Crippen LogP contribution in [-0.4, -0.2) is 14.6 Å². The summed E-state index contributed by atoms with van der Waals surface area (Å²) in [4.78, 5) is 14.2. The van der Waals surface area contributed by atoms with E-state index in [0.717, 1.165) is 4.47 Å². The summed E-state index contributed by atoms with van der Waals surface area (Å²) in [5.74, 6) is 0.477. The van der Waals surface area contributed by atoms with Gasteiger partial charge in [-0.3, -0.25) is 4.79 Å². The summed E-state index contributed by atoms with van der Waals surface area (Å²) in [6.07, 6.45) is 1.71. The van der Waals surface area contributed by atoms with Crippen LogP contribution in [0.5, 0.6) is 0 Å². The van der Waals surface area contributed by atoms with Gasteiger partial charge in [0, 0.05) is 6.20 Å². The lowest BCUT2D eigenvalue weighted by atomic mass is 10.3. The van der Waals surface area contributed by atoms with Gasteiger partial charge in [0.1, 0.15) is 11.3 Å². The predicted octanol–water partition coefficient (Wildman–Crippen LogP) is 0.805. The first-order chi connectivity index (χ1) is 6.59. The molecule has 1 atom stereocenters. The highest BCUT2D eigenvalue weighted by atomic mass is 79.9. The van der Waals surface area contributed by atoms with E-state index in [-0.39, 0.29) is 11.6 Å². The van der Waals surface area contributed by atoms with Crippen LogP contribution in [0.4, 0.5) is 0 Å². The molecule has 6 heteroatoms. The summed E-state index contributed by atoms with van der Waals surface area (Å²) in [5.41, 5.74) is 5.93. The van der Waals surface area contributed by atoms with Crippen molar-refractivity contribution in [2.45, 2.75) is 13.0 Å². The summed E-state index contributed by atoms with van der Waals surface area (Å²) < 4.78 is 2.24. The first kappa shape index (κ1) is 9.42. The lowest BCUT2D eigenvalue weighted by molar-refractivity contribution is 0.688. The van der Waals surface area contributed by atoms with Gasteiger partial charge in [-0.2, -0.15) is 5.10 Å². The molecule has 0 aliphatic carbocycles. The fraction of sp³-hybridized carbons (Fsp3) is 0.250. The molecule has 1 unspecified atom stereocenters. The zero-order valence-corrected chi connectivity index (χ0v) is 9.08. The van der Waals surface area contributed by atoms with Crippen molar-refractivity contribution in [1.29, 1.82) is 0 Å². The molecule has 0 aliphatic heterocycles. The first-order valence-electron chi connectivity index (χ1n) is 4.12. The molecule has 2 heterocycles. The summed E-state index contributed by atoms with van der Waals surface area (Å²) in [6, 6.07) is 1.48. The molecule has 14 heavy (non-hydrogen) atoms. The largest absolute Gasteiger partial charge is 0.322 e. The van der Waals surface area contributed by atoms with E-state index in [4.69, 9.17) is 5.73 Å². The van der Waals surface area contributed by atoms with Gasteiger partial charge in [0.15, 0.2) is 0 Å². The van der Waals surface area contributed by atoms with Crippen molar-refractivity contribution in [2.75, 3.05) is 0 Å². The highest BCUT2D eigenvalue weighted by molar-refractivity contribution is 9.10. The fourth-order valence-electron chi connectivity index (χ4n) is 1.22. The molecule has 74 valence electrons. The monoisotopic (exact) mass is 256 g/mol. The predicted molar refractivity (Wildman–Crippen MR) is 56.1 cm³/mol. The summed E-state index contributed by atoms with van der Waals surface area (Å²) in [5, 5.41) is 4.16. The Kier molecular flexibility index (Phi) is 2.16. The number of aromatic nitrogens is 3. The third-order valence-electron chi connectivity index (χ3n) is 1.92. The van der Waals surface area contributed by atoms with Crippen molar-refractivity contribution < 1.29 is 0 Å². The third-order valence-corrected chi connectivity index (χ3v) is 2.56. The van der Waals surface area contributed by atoms with Crippen LogP contribution in [0.25, 0.3) is 5.52 Å². The van der Waals surface area contributed by atoms with Crippen LogP contribution in [0.1, 0.15) is 18.8 Å². The Hall–Kier alpha value is -1.14. The quantitative estimate of drug-likeness (QED) is 0.793. The van der Waals surface area contributed by atoms with Crippen molar-refractivity contribution in [3.05, 3.63) is 32.9 Å². The molecule has 0 fully saturated rings. The van der Waals surface area contributed by atoms with Crippen LogP contribution in [0.15, 0.2) is 21.5 Å². The molecule has 0 aliphatic rings. The van der Waals surface area contributed by atoms with E-state index < -0.39 is 0 Å². The van der Waals surface area contributed by atoms with Gasteiger partial charge >= 0.3 is 0 Å². The van der Waals surface area contributed by atoms with Crippen LogP contribution in [-0.2, 0) is 0 Å². The van der Waals surface area contributed by atoms with Gasteiger partial charge in [0.2, 0.25) is 0 Å². The normalized spacial score (nSPS) is 13.4. The van der Waals surface area contributed by atoms with Crippen LogP contribution in [0, 0.1) is 0 Å². The molecule has 0 saturated heterocycles. The minimum absolute atomic E-state index is 0.191. The Balaban J connectivity index is 2.81. The van der Waals surface area contributed by atoms with Crippen LogP contribution in [0.2, 0.25) is 0 Å². The van der Waals surface area contributed by atoms with Crippen LogP contribution < -0.4 is 11.3 Å². The Bertz CT molecular complexity index is 528. The molecule has 0 saturated carbocycles. The van der Waals surface area contributed by atoms with Crippen molar-refractivity contribution in [3.63, 3.8) is 0 Å². The second-order valence-corrected chi connectivity index (χ2v) is 3.94. The maximum Gasteiger partial charge on any atom is 0.276 e. The van der Waals surface area contributed by atoms with E-state index in [1.807, 2.05) is 0 Å². The maximum atomic E-state index is 11.6. The number of nitrogens with two attached hydrogens (primary N) is 1. The Morgan fingerprint density at radius 2 is 2.43 bits per heavy atom. The van der Waals surface area contributed by atoms with Crippen LogP contribution in [0.3, 0.4) is 0 Å². The molecule has 2 rings (SSSR count). The number of hydrogen-bond donors (Lipinski definition) is 2. The fourth-order valence-corrected chi connectivity index (χ4v) is 1.70. The van der Waals surface area contributed by atoms with Crippen LogP contribution >= 0.6 is 15.9 Å². The minimum Gasteiger partial charge on any atom is -0.322 e. The summed E-state index contributed by atoms with van der Waals surface area (Å²) in [7, 11) is 0. The molecule has 0 bridgehead atoms. The van der Waals surface area contributed by atoms with Gasteiger partial charge in [-0.25, -0.2) is 4.52 Å². The molecule has 2 aromatic heterocycles. The molecule has 0 amide bonds. The van der Waals surface area contributed by atoms with Crippen molar-refractivity contribution >= 4 is 21.4 Å². The zero-order valence-electron chi connectivity index (χ0n) is 7.49. The van der Waals surface area contributed by atoms with Crippen molar-refractivity contribution in [3.8, 4) is 0 Å². The number of fused-ring (bicyclic) bond motifs is 1. The topological polar surface area (TPSA) is 76.2 Å². The third kappa shape index (κ3) is 1.36. The van der Waals surface area contributed by atoms with Gasteiger partial charge < -0.3 is 10.7 Å². The van der Waals surface area contributed by atoms with Crippen molar-refractivity contribution in [1.82, 2.24) is 14.6 Å². The van der Waals surface area contributed by atoms with E-state index in [1.165, 1.54) is 4.52 Å². The SMILES string of the molecule is CC(N)c1nn2ccc(Br)c2c(=O)[nH]1. The average molecular weight is 257 g/mol. The van der Waals surface area contributed by atoms with E-state index in [0.29, 0.717) is 11.3 Å². The molecule has 0 aromatic carbocycles. The zero-order chi connectivity index (χ0) is 10.3. The van der Waals surface area contributed by atoms with Gasteiger partial charge in [-0.05, 0) is 28.9 Å². The maximum absolute atomic E-state index is 11.6. The average Bonchev–Trinajstić information content (AvgIpc) is 2.48. The second kappa shape index (κ2) is 3.21. The van der Waals surface area contributed by atoms with E-state index in [1.54, 1.807) is 19.2 Å². The number of nitrogens with one attached hydrogen (secondary N) is 1. The Morgan fingerprint density at radius 3 is 3.07 bits per heavy atom. The van der Waals surface area contributed by atoms with E-state index in [9.17, 15) is 4.79 Å². The number of nitrogens with zero attached hydrogens (tertiary/aromatic N) is 2. The lowest BCUT2D eigenvalue weighted by Gasteiger charge is -2.04. The van der Waals surface area contributed by atoms with Gasteiger partial charge in [0.05, 0.1) is 10.5 Å². The van der Waals surface area contributed by atoms with Gasteiger partial charge in [-0.15, -0.1) is 0 Å². The van der Waals surface area contributed by atoms with Crippen molar-refractivity contribution in [2.24, 2.45) is 5.73 Å². The molecule has 2 aromatic rings. The standard InChI is InChI=1S/C8H9BrN4O/c1-4(10)7-11-8(14)6-5(9)2-3-13(6)12-7/h2-4H,10H2,1H3,(H,11,12,14). The molecular formula is C8H9BrN4O. The number of aromatic amines is 1. The number of rotatable bonds is 1. The molecule has 3 N–H and O–H groups in total. The number of H-pyrrole nitrogens is 1. The van der Waals surface area contributed by atoms with E-state index in [2.05, 4.69) is 26.0 Å². The minimum atomic E-state index is -0.284. The highest BCUT2D eigenvalue weighted by Crippen LogP contribution is 2.14. The molecular weight excluding hydrogens is 248 g/mol. The smallest absolute Gasteiger partial charge is 0.276 e. The van der Waals surface area contributed by atoms with Gasteiger partial charge in [0.25, 0.3) is 5.56 Å². The summed E-state index contributed by atoms with van der Waals surface area (Å²) >= 11 is 3.27. The molecule has 0 radical (unpaired) electrons. The number of hydrogen-bond acceptors (Lipinski definition) is 3. The Morgan fingerprint density at radius 1 is 1.71 bits per heavy atom. The highest BCUT2D eigenvalue weighted by Gasteiger charge is 2.09. The van der Waals surface area contributed by atoms with Gasteiger partial charge in [-0.1, -0.05) is 0 Å².